The Labute approximate surface area is 398 Å². The lowest BCUT2D eigenvalue weighted by molar-refractivity contribution is -0.151. The van der Waals surface area contributed by atoms with Crippen molar-refractivity contribution < 1.29 is 62.6 Å². The van der Waals surface area contributed by atoms with Gasteiger partial charge in [0, 0.05) is 32.9 Å². The van der Waals surface area contributed by atoms with Gasteiger partial charge in [0.15, 0.2) is 0 Å². The molecule has 380 valence electrons. The van der Waals surface area contributed by atoms with Crippen molar-refractivity contribution in [2.45, 2.75) is 128 Å². The van der Waals surface area contributed by atoms with E-state index < -0.39 is 158 Å². The van der Waals surface area contributed by atoms with Gasteiger partial charge in [-0.3, -0.25) is 57.5 Å². The molecule has 2 aliphatic heterocycles. The fourth-order valence-electron chi connectivity index (χ4n) is 7.32. The largest absolute Gasteiger partial charge is 0.508 e. The molecule has 2 aliphatic rings. The first-order valence-corrected chi connectivity index (χ1v) is 22.7. The van der Waals surface area contributed by atoms with Gasteiger partial charge in [0.1, 0.15) is 48.0 Å². The summed E-state index contributed by atoms with van der Waals surface area (Å²) in [6.07, 6.45) is -2.21. The first-order valence-electron chi connectivity index (χ1n) is 22.7. The highest BCUT2D eigenvalue weighted by atomic mass is 16.3. The number of phenols is 1. The van der Waals surface area contributed by atoms with Gasteiger partial charge >= 0.3 is 0 Å². The highest BCUT2D eigenvalue weighted by Gasteiger charge is 2.43. The van der Waals surface area contributed by atoms with Crippen molar-refractivity contribution in [1.82, 2.24) is 52.8 Å². The van der Waals surface area contributed by atoms with Crippen LogP contribution in [0.3, 0.4) is 0 Å². The summed E-state index contributed by atoms with van der Waals surface area (Å²) in [5, 5.41) is 32.1. The monoisotopic (exact) mass is 970 g/mol. The van der Waals surface area contributed by atoms with Crippen LogP contribution in [0.25, 0.3) is 0 Å². The Morgan fingerprint density at radius 3 is 2.01 bits per heavy atom. The lowest BCUT2D eigenvalue weighted by Gasteiger charge is -2.42. The minimum Gasteiger partial charge on any atom is -0.508 e. The minimum absolute atomic E-state index is 0.00735. The molecule has 25 heteroatoms. The summed E-state index contributed by atoms with van der Waals surface area (Å²) in [5.41, 5.74) is 11.3. The lowest BCUT2D eigenvalue weighted by Crippen LogP contribution is -2.65. The van der Waals surface area contributed by atoms with E-state index in [4.69, 9.17) is 11.5 Å². The van der Waals surface area contributed by atoms with Gasteiger partial charge in [0.05, 0.1) is 19.5 Å². The predicted octanol–water partition coefficient (Wildman–Crippen LogP) is -4.55. The molecule has 2 heterocycles. The number of hydrogen-bond acceptors (Lipinski definition) is 13. The third kappa shape index (κ3) is 18.0. The Hall–Kier alpha value is -7.34. The average Bonchev–Trinajstić information content (AvgIpc) is 3.27. The van der Waals surface area contributed by atoms with Gasteiger partial charge in [-0.1, -0.05) is 46.2 Å². The zero-order valence-electron chi connectivity index (χ0n) is 39.4. The molecular weight excluding hydrogens is 905 g/mol. The van der Waals surface area contributed by atoms with Crippen LogP contribution in [0.5, 0.6) is 5.75 Å². The molecule has 0 saturated carbocycles. The highest BCUT2D eigenvalue weighted by molar-refractivity contribution is 6.00. The second-order valence-electron chi connectivity index (χ2n) is 17.5. The zero-order chi connectivity index (χ0) is 51.5. The SMILES string of the molecule is CCC(C)C1NC(=O)[C@H](Cc2ccc(O)cc2)NC(=O)CNC(=O)CCC(C(=O)N2CCC2C(=O)NC(CC(C)C)C(=O)NCC(=O)NC)NC(=O)[C@H](CC(N)=O)NC(=O)[C@H](CCC(N)=O)NC1=O. The van der Waals surface area contributed by atoms with Crippen LogP contribution in [0.4, 0.5) is 0 Å². The van der Waals surface area contributed by atoms with E-state index in [1.807, 2.05) is 0 Å². The molecule has 0 radical (unpaired) electrons. The van der Waals surface area contributed by atoms with Crippen molar-refractivity contribution >= 4 is 70.9 Å². The minimum atomic E-state index is -1.81. The summed E-state index contributed by atoms with van der Waals surface area (Å²) >= 11 is 0. The number of benzene rings is 1. The summed E-state index contributed by atoms with van der Waals surface area (Å²) in [4.78, 5) is 161. The Kier molecular flexibility index (Phi) is 21.8. The van der Waals surface area contributed by atoms with E-state index in [-0.39, 0.29) is 44.0 Å². The molecule has 8 atom stereocenters. The number of nitrogens with zero attached hydrogens (tertiary/aromatic N) is 1. The standard InChI is InChI=1S/C44H66N12O13/c1-6-23(4)37-43(68)51-26(11-13-32(45)58)39(64)53-30(19-33(46)59)40(65)52-27(12-14-34(60)48-21-36(62)50-29(41(66)55-37)18-24-7-9-25(57)10-8-24)44(69)56-16-15-31(56)42(67)54-28(17-22(2)3)38(63)49-20-35(61)47-5/h7-10,22-23,26-31,37,57H,6,11-21H2,1-5H3,(H2,45,58)(H2,46,59)(H,47,61)(H,48,60)(H,49,63)(H,50,62)(H,51,68)(H,52,65)(H,53,64)(H,54,67)(H,55,66)/t23?,26-,27?,28?,29-,30-,31?,37?/m0/s1. The van der Waals surface area contributed by atoms with Gasteiger partial charge in [-0.2, -0.15) is 0 Å². The second kappa shape index (κ2) is 26.9. The van der Waals surface area contributed by atoms with E-state index in [1.54, 1.807) is 27.7 Å². The number of primary amides is 2. The van der Waals surface area contributed by atoms with Gasteiger partial charge in [0.25, 0.3) is 0 Å². The molecule has 69 heavy (non-hydrogen) atoms. The summed E-state index contributed by atoms with van der Waals surface area (Å²) in [5.74, 6) is -11.1. The summed E-state index contributed by atoms with van der Waals surface area (Å²) in [6.45, 7) is 5.93. The third-order valence-electron chi connectivity index (χ3n) is 11.5. The van der Waals surface area contributed by atoms with Crippen LogP contribution in [0.1, 0.15) is 84.6 Å². The molecule has 0 aliphatic carbocycles. The van der Waals surface area contributed by atoms with Crippen molar-refractivity contribution in [1.29, 1.82) is 0 Å². The highest BCUT2D eigenvalue weighted by Crippen LogP contribution is 2.21. The van der Waals surface area contributed by atoms with Gasteiger partial charge in [-0.05, 0) is 55.2 Å². The molecule has 0 spiro atoms. The number of phenolic OH excluding ortho intramolecular Hbond substituents is 1. The first-order chi connectivity index (χ1) is 32.5. The molecule has 14 N–H and O–H groups in total. The Morgan fingerprint density at radius 1 is 0.797 bits per heavy atom. The number of nitrogens with two attached hydrogens (primary N) is 2. The van der Waals surface area contributed by atoms with E-state index in [0.29, 0.717) is 12.0 Å². The van der Waals surface area contributed by atoms with Gasteiger partial charge < -0.3 is 69.3 Å². The third-order valence-corrected chi connectivity index (χ3v) is 11.5. The first kappa shape index (κ1) is 56.0. The van der Waals surface area contributed by atoms with E-state index in [9.17, 15) is 62.6 Å². The topological polar surface area (TPSA) is 389 Å². The van der Waals surface area contributed by atoms with Crippen LogP contribution in [-0.2, 0) is 64.0 Å². The maximum atomic E-state index is 14.3. The fourth-order valence-corrected chi connectivity index (χ4v) is 7.32. The van der Waals surface area contributed by atoms with Crippen molar-refractivity contribution in [3.8, 4) is 5.75 Å². The van der Waals surface area contributed by atoms with Crippen molar-refractivity contribution in [2.24, 2.45) is 23.3 Å². The molecule has 2 fully saturated rings. The molecule has 1 aromatic carbocycles. The molecule has 3 rings (SSSR count). The summed E-state index contributed by atoms with van der Waals surface area (Å²) < 4.78 is 0. The van der Waals surface area contributed by atoms with Crippen LogP contribution in [-0.4, -0.2) is 150 Å². The normalized spacial score (nSPS) is 22.9. The Bertz CT molecular complexity index is 2080. The van der Waals surface area contributed by atoms with Crippen LogP contribution in [0.15, 0.2) is 24.3 Å². The van der Waals surface area contributed by atoms with Crippen LogP contribution in [0, 0.1) is 11.8 Å². The predicted molar refractivity (Wildman–Crippen MR) is 244 cm³/mol. The van der Waals surface area contributed by atoms with E-state index in [0.717, 1.165) is 4.90 Å². The summed E-state index contributed by atoms with van der Waals surface area (Å²) in [7, 11) is 1.38. The molecule has 12 amide bonds. The quantitative estimate of drug-likeness (QED) is 0.0701. The maximum Gasteiger partial charge on any atom is 0.245 e. The Balaban J connectivity index is 2.02. The van der Waals surface area contributed by atoms with Crippen molar-refractivity contribution in [3.05, 3.63) is 29.8 Å². The van der Waals surface area contributed by atoms with Crippen LogP contribution < -0.4 is 59.3 Å². The number of likely N-dealkylation sites (N-methyl/N-ethyl adjacent to an activating group) is 1. The van der Waals surface area contributed by atoms with Crippen LogP contribution in [0.2, 0.25) is 0 Å². The van der Waals surface area contributed by atoms with Gasteiger partial charge in [0.2, 0.25) is 70.9 Å². The van der Waals surface area contributed by atoms with E-state index >= 15 is 0 Å². The number of likely N-dealkylation sites (tertiary alicyclic amines) is 1. The number of nitrogens with one attached hydrogen (secondary N) is 9. The molecular formula is C44H66N12O13. The number of aromatic hydroxyl groups is 1. The number of carbonyl (C=O) groups excluding carboxylic acids is 12. The average molecular weight is 971 g/mol. The van der Waals surface area contributed by atoms with E-state index in [1.165, 1.54) is 31.3 Å². The summed E-state index contributed by atoms with van der Waals surface area (Å²) in [6, 6.07) is -4.27. The number of rotatable bonds is 17. The maximum absolute atomic E-state index is 14.3. The smallest absolute Gasteiger partial charge is 0.245 e. The zero-order valence-corrected chi connectivity index (χ0v) is 39.4. The number of carbonyl (C=O) groups is 12. The van der Waals surface area contributed by atoms with Crippen molar-refractivity contribution in [3.63, 3.8) is 0 Å². The van der Waals surface area contributed by atoms with Gasteiger partial charge in [-0.25, -0.2) is 0 Å². The fraction of sp³-hybridized carbons (Fsp3) is 0.591. The Morgan fingerprint density at radius 2 is 1.43 bits per heavy atom. The van der Waals surface area contributed by atoms with E-state index in [2.05, 4.69) is 47.9 Å². The molecule has 25 nitrogen and oxygen atoms in total. The number of amides is 12. The van der Waals surface area contributed by atoms with Gasteiger partial charge in [-0.15, -0.1) is 0 Å². The molecule has 2 saturated heterocycles. The molecule has 5 unspecified atom stereocenters. The van der Waals surface area contributed by atoms with Crippen molar-refractivity contribution in [2.75, 3.05) is 26.7 Å². The van der Waals surface area contributed by atoms with Crippen LogP contribution >= 0.6 is 0 Å². The molecule has 0 bridgehead atoms. The lowest BCUT2D eigenvalue weighted by atomic mass is 9.96. The second-order valence-corrected chi connectivity index (χ2v) is 17.5. The number of hydrogen-bond donors (Lipinski definition) is 12. The molecule has 1 aromatic rings. The molecule has 0 aromatic heterocycles.